The molecule has 8 N–H and O–H groups in total. The highest BCUT2D eigenvalue weighted by Gasteiger charge is 2.44. The quantitative estimate of drug-likeness (QED) is 0.0556. The van der Waals surface area contributed by atoms with E-state index in [-0.39, 0.29) is 49.6 Å². The Bertz CT molecular complexity index is 2220. The van der Waals surface area contributed by atoms with E-state index >= 15 is 0 Å². The Hall–Kier alpha value is -6.32. The molecule has 11 atom stereocenters. The maximum Gasteiger partial charge on any atom is 0.410 e. The Morgan fingerprint density at radius 1 is 0.816 bits per heavy atom. The number of carbonyl (C=O) groups is 8. The highest BCUT2D eigenvalue weighted by Crippen LogP contribution is 2.30. The highest BCUT2D eigenvalue weighted by molar-refractivity contribution is 5.97. The van der Waals surface area contributed by atoms with Gasteiger partial charge in [0.25, 0.3) is 0 Å². The van der Waals surface area contributed by atoms with Crippen LogP contribution in [0.1, 0.15) is 118 Å². The van der Waals surface area contributed by atoms with Crippen LogP contribution < -0.4 is 32.3 Å². The van der Waals surface area contributed by atoms with Crippen LogP contribution >= 0.6 is 0 Å². The van der Waals surface area contributed by atoms with Gasteiger partial charge < -0.3 is 61.4 Å². The van der Waals surface area contributed by atoms with Crippen LogP contribution in [0.5, 0.6) is 0 Å². The Morgan fingerprint density at radius 3 is 2.01 bits per heavy atom. The van der Waals surface area contributed by atoms with E-state index in [0.29, 0.717) is 49.0 Å². The van der Waals surface area contributed by atoms with E-state index < -0.39 is 102 Å². The van der Waals surface area contributed by atoms with Gasteiger partial charge in [0.2, 0.25) is 35.4 Å². The van der Waals surface area contributed by atoms with Crippen molar-refractivity contribution in [3.63, 3.8) is 0 Å². The zero-order valence-electron chi connectivity index (χ0n) is 46.9. The smallest absolute Gasteiger partial charge is 0.410 e. The average Bonchev–Trinajstić information content (AvgIpc) is 3.87. The third kappa shape index (κ3) is 18.5. The van der Waals surface area contributed by atoms with Gasteiger partial charge in [-0.1, -0.05) is 97.4 Å². The summed E-state index contributed by atoms with van der Waals surface area (Å²) in [5, 5.41) is 24.6. The highest BCUT2D eigenvalue weighted by atomic mass is 16.6. The summed E-state index contributed by atoms with van der Waals surface area (Å²) in [4.78, 5) is 111. The number of hydrogen-bond donors (Lipinski definition) is 7. The molecule has 1 fully saturated rings. The van der Waals surface area contributed by atoms with Gasteiger partial charge in [-0.05, 0) is 73.6 Å². The SMILES string of the molecule is CC[C@H](C)[C@@H]([C@@H](CC(=O)N1CCC[C@H]1[C@H](OC)[C@@H](C)C(=O)N[C@H](C)[C@@H](O)c1ccccc1)OC)N(C)C(=O)[C@@H](NC(=O)[C@H](C(C)C)N(C)C(=O)OCc1ccc(NC(=O)[C@H](CCCNC(N)=O)NC(C)=O)cc1)C(C)C. The Balaban J connectivity index is 1.70. The molecule has 9 amide bonds. The number of rotatable bonds is 29. The first kappa shape index (κ1) is 64.0. The molecular formula is C55H87N9O12. The standard InChI is InChI=1S/C55H87N9O12/c1-14-34(6)47(43(74-12)30-44(66)64-29-19-23-42(64)49(75-13)35(7)50(68)58-36(8)48(67)39-20-16-15-17-21-39)62(10)53(71)45(32(2)3)61-52(70)46(33(4)5)63(11)55(73)76-31-38-24-26-40(27-25-38)60-51(69)41(59-37(9)65)22-18-28-57-54(56)72/h15-17,20-21,24-27,32-36,41-43,45-49,67H,14,18-19,22-23,28-31H2,1-13H3,(H,58,68)(H,59,65)(H,60,69)(H,61,70)(H3,56,57,72)/t34-,35+,36+,41-,42-,43+,45-,46-,47-,48+,49+/m0/s1. The number of nitrogens with one attached hydrogen (secondary N) is 5. The largest absolute Gasteiger partial charge is 0.445 e. The van der Waals surface area contributed by atoms with Crippen LogP contribution in [0, 0.1) is 23.7 Å². The number of hydrogen-bond acceptors (Lipinski definition) is 12. The summed E-state index contributed by atoms with van der Waals surface area (Å²) < 4.78 is 17.6. The zero-order chi connectivity index (χ0) is 57.0. The van der Waals surface area contributed by atoms with E-state index in [1.165, 1.54) is 33.1 Å². The minimum atomic E-state index is -1.04. The fraction of sp³-hybridized carbons (Fsp3) is 0.636. The van der Waals surface area contributed by atoms with E-state index in [4.69, 9.17) is 19.9 Å². The average molecular weight is 1070 g/mol. The summed E-state index contributed by atoms with van der Waals surface area (Å²) in [6, 6.07) is 10.4. The fourth-order valence-electron chi connectivity index (χ4n) is 9.88. The number of likely N-dealkylation sites (N-methyl/N-ethyl adjacent to an activating group) is 2. The van der Waals surface area contributed by atoms with Crippen molar-refractivity contribution < 1.29 is 57.7 Å². The van der Waals surface area contributed by atoms with Gasteiger partial charge in [-0.25, -0.2) is 9.59 Å². The minimum Gasteiger partial charge on any atom is -0.445 e. The first-order chi connectivity index (χ1) is 35.9. The van der Waals surface area contributed by atoms with Crippen LogP contribution in [0.15, 0.2) is 54.6 Å². The number of nitrogens with zero attached hydrogens (tertiary/aromatic N) is 3. The first-order valence-corrected chi connectivity index (χ1v) is 26.4. The number of anilines is 1. The number of aliphatic hydroxyl groups excluding tert-OH is 1. The molecule has 0 saturated carbocycles. The first-order valence-electron chi connectivity index (χ1n) is 26.4. The van der Waals surface area contributed by atoms with Crippen molar-refractivity contribution in [3.8, 4) is 0 Å². The van der Waals surface area contributed by atoms with Gasteiger partial charge in [0.05, 0.1) is 48.8 Å². The number of aliphatic hydroxyl groups is 1. The van der Waals surface area contributed by atoms with E-state index in [1.807, 2.05) is 45.9 Å². The third-order valence-corrected chi connectivity index (χ3v) is 14.3. The summed E-state index contributed by atoms with van der Waals surface area (Å²) in [7, 11) is 6.13. The summed E-state index contributed by atoms with van der Waals surface area (Å²) in [6.07, 6.45) is -0.595. The molecule has 2 aromatic rings. The molecule has 0 radical (unpaired) electrons. The van der Waals surface area contributed by atoms with Gasteiger partial charge in [-0.2, -0.15) is 0 Å². The maximum absolute atomic E-state index is 14.7. The molecule has 3 rings (SSSR count). The van der Waals surface area contributed by atoms with Gasteiger partial charge in [-0.3, -0.25) is 33.7 Å². The number of benzene rings is 2. The number of carbonyl (C=O) groups excluding carboxylic acids is 8. The van der Waals surface area contributed by atoms with E-state index in [9.17, 15) is 43.5 Å². The summed E-state index contributed by atoms with van der Waals surface area (Å²) in [6.45, 7) is 16.4. The molecule has 1 aliphatic heterocycles. The summed E-state index contributed by atoms with van der Waals surface area (Å²) in [5.74, 6) is -3.96. The number of amides is 9. The van der Waals surface area contributed by atoms with Crippen molar-refractivity contribution in [1.82, 2.24) is 36.0 Å². The molecule has 0 bridgehead atoms. The van der Waals surface area contributed by atoms with Crippen molar-refractivity contribution >= 4 is 53.3 Å². The molecule has 0 aromatic heterocycles. The van der Waals surface area contributed by atoms with Gasteiger partial charge >= 0.3 is 12.1 Å². The van der Waals surface area contributed by atoms with Crippen LogP contribution in [0.2, 0.25) is 0 Å². The van der Waals surface area contributed by atoms with Gasteiger partial charge in [0, 0.05) is 54.0 Å². The van der Waals surface area contributed by atoms with E-state index in [1.54, 1.807) is 80.9 Å². The van der Waals surface area contributed by atoms with Crippen LogP contribution in [0.4, 0.5) is 15.3 Å². The molecule has 76 heavy (non-hydrogen) atoms. The number of urea groups is 1. The number of likely N-dealkylation sites (tertiary alicyclic amines) is 1. The summed E-state index contributed by atoms with van der Waals surface area (Å²) >= 11 is 0. The van der Waals surface area contributed by atoms with Gasteiger partial charge in [-0.15, -0.1) is 0 Å². The predicted octanol–water partition coefficient (Wildman–Crippen LogP) is 4.47. The molecule has 1 aliphatic rings. The monoisotopic (exact) mass is 1070 g/mol. The fourth-order valence-corrected chi connectivity index (χ4v) is 9.88. The number of primary amides is 1. The van der Waals surface area contributed by atoms with Crippen molar-refractivity contribution in [2.24, 2.45) is 29.4 Å². The molecule has 424 valence electrons. The van der Waals surface area contributed by atoms with Crippen molar-refractivity contribution in [1.29, 1.82) is 0 Å². The van der Waals surface area contributed by atoms with Crippen LogP contribution in [0.3, 0.4) is 0 Å². The van der Waals surface area contributed by atoms with E-state index in [0.717, 1.165) is 0 Å². The number of ether oxygens (including phenoxy) is 3. The minimum absolute atomic E-state index is 0.0703. The molecule has 0 unspecified atom stereocenters. The molecule has 2 aromatic carbocycles. The van der Waals surface area contributed by atoms with Gasteiger partial charge in [0.15, 0.2) is 0 Å². The topological polar surface area (TPSA) is 280 Å². The molecule has 0 spiro atoms. The second-order valence-corrected chi connectivity index (χ2v) is 20.7. The lowest BCUT2D eigenvalue weighted by molar-refractivity contribution is -0.148. The molecule has 21 heteroatoms. The summed E-state index contributed by atoms with van der Waals surface area (Å²) in [5.41, 5.74) is 6.79. The van der Waals surface area contributed by atoms with Crippen molar-refractivity contribution in [2.45, 2.75) is 162 Å². The van der Waals surface area contributed by atoms with Crippen LogP contribution in [-0.2, 0) is 49.6 Å². The molecule has 0 aliphatic carbocycles. The van der Waals surface area contributed by atoms with E-state index in [2.05, 4.69) is 26.6 Å². The van der Waals surface area contributed by atoms with Crippen molar-refractivity contribution in [3.05, 3.63) is 65.7 Å². The van der Waals surface area contributed by atoms with Crippen LogP contribution in [0.25, 0.3) is 0 Å². The Labute approximate surface area is 449 Å². The Morgan fingerprint density at radius 2 is 1.46 bits per heavy atom. The molecule has 21 nitrogen and oxygen atoms in total. The molecular weight excluding hydrogens is 979 g/mol. The Kier molecular flexibility index (Phi) is 26.1. The lowest BCUT2D eigenvalue weighted by Gasteiger charge is -2.41. The third-order valence-electron chi connectivity index (χ3n) is 14.3. The lowest BCUT2D eigenvalue weighted by Crippen LogP contribution is -2.60. The number of nitrogens with two attached hydrogens (primary N) is 1. The number of methoxy groups -OCH3 is 2. The second kappa shape index (κ2) is 31.0. The van der Waals surface area contributed by atoms with Crippen molar-refractivity contribution in [2.75, 3.05) is 46.7 Å². The zero-order valence-corrected chi connectivity index (χ0v) is 46.9. The van der Waals surface area contributed by atoms with Gasteiger partial charge in [0.1, 0.15) is 24.7 Å². The normalized spacial score (nSPS) is 17.4. The molecule has 1 heterocycles. The second-order valence-electron chi connectivity index (χ2n) is 20.7. The predicted molar refractivity (Wildman–Crippen MR) is 288 cm³/mol. The van der Waals surface area contributed by atoms with Crippen LogP contribution in [-0.4, -0.2) is 157 Å². The maximum atomic E-state index is 14.7. The lowest BCUT2D eigenvalue weighted by atomic mass is 9.89. The molecule has 1 saturated heterocycles.